The van der Waals surface area contributed by atoms with Gasteiger partial charge in [0.15, 0.2) is 17.4 Å². The van der Waals surface area contributed by atoms with Gasteiger partial charge in [-0.2, -0.15) is 0 Å². The number of hydrogen-bond acceptors (Lipinski definition) is 8. The number of benzene rings is 1. The molecule has 5 heterocycles. The Labute approximate surface area is 231 Å². The lowest BCUT2D eigenvalue weighted by Gasteiger charge is -2.46. The summed E-state index contributed by atoms with van der Waals surface area (Å²) in [6.07, 6.45) is -4.10. The quantitative estimate of drug-likeness (QED) is 0.313. The van der Waals surface area contributed by atoms with Crippen molar-refractivity contribution in [1.29, 1.82) is 0 Å². The van der Waals surface area contributed by atoms with E-state index in [-0.39, 0.29) is 57.0 Å². The normalized spacial score (nSPS) is 25.0. The minimum atomic E-state index is -5.29. The van der Waals surface area contributed by atoms with Gasteiger partial charge in [0.2, 0.25) is 5.88 Å². The zero-order chi connectivity index (χ0) is 29.6. The minimum Gasteiger partial charge on any atom is -0.472 e. The molecular weight excluding hydrogens is 551 g/mol. The number of aryl methyl sites for hydroxylation is 1. The van der Waals surface area contributed by atoms with Gasteiger partial charge in [0.05, 0.1) is 17.0 Å². The van der Waals surface area contributed by atoms with Crippen LogP contribution in [0.3, 0.4) is 0 Å². The maximum atomic E-state index is 16.6. The lowest BCUT2D eigenvalue weighted by atomic mass is 9.95. The molecule has 4 atom stereocenters. The number of nitrogens with two attached hydrogens (primary N) is 1. The number of carbonyl (C=O) groups is 1. The molecule has 41 heavy (non-hydrogen) atoms. The zero-order valence-electron chi connectivity index (χ0n) is 22.5. The van der Waals surface area contributed by atoms with Crippen LogP contribution in [0, 0.1) is 18.6 Å². The number of ether oxygens (including phenoxy) is 2. The van der Waals surface area contributed by atoms with Crippen LogP contribution in [0.1, 0.15) is 42.7 Å². The van der Waals surface area contributed by atoms with E-state index in [4.69, 9.17) is 15.5 Å². The van der Waals surface area contributed by atoms with Crippen molar-refractivity contribution in [3.63, 3.8) is 0 Å². The molecule has 0 saturated carbocycles. The Balaban J connectivity index is 1.70. The standard InChI is InChI=1S/C27H27F5N6O3/c1-10-16-17-23(35-19(10)24(39)34-4)38-9-26(3)6-5-15(37-26)21(38)11(2)40-25(17)36-20(18(16)29)13-7-12(33)8-14(28)22(13)41-27(30,31)32/h7-8,11,15,21,37H,5-6,9,33H2,1-4H3,(H,34,39)/t11-,15-,21+,26+/m0/s1. The molecule has 1 aromatic carbocycles. The van der Waals surface area contributed by atoms with Crippen molar-refractivity contribution in [3.05, 3.63) is 35.0 Å². The maximum absolute atomic E-state index is 16.6. The monoisotopic (exact) mass is 578 g/mol. The molecule has 0 unspecified atom stereocenters. The number of hydrogen-bond donors (Lipinski definition) is 3. The summed E-state index contributed by atoms with van der Waals surface area (Å²) in [4.78, 5) is 23.9. The number of alkyl halides is 3. The third-order valence-corrected chi connectivity index (χ3v) is 8.14. The summed E-state index contributed by atoms with van der Waals surface area (Å²) >= 11 is 0. The van der Waals surface area contributed by atoms with Crippen molar-refractivity contribution in [2.24, 2.45) is 0 Å². The van der Waals surface area contributed by atoms with Gasteiger partial charge in [0.25, 0.3) is 5.91 Å². The molecule has 6 rings (SSSR count). The van der Waals surface area contributed by atoms with Gasteiger partial charge in [0.1, 0.15) is 23.3 Å². The number of halogens is 5. The number of pyridine rings is 2. The van der Waals surface area contributed by atoms with Crippen molar-refractivity contribution in [3.8, 4) is 22.9 Å². The molecule has 3 aliphatic heterocycles. The molecule has 9 nitrogen and oxygen atoms in total. The Morgan fingerprint density at radius 1 is 1.27 bits per heavy atom. The zero-order valence-corrected chi connectivity index (χ0v) is 22.5. The Morgan fingerprint density at radius 3 is 2.68 bits per heavy atom. The average Bonchev–Trinajstić information content (AvgIpc) is 3.13. The van der Waals surface area contributed by atoms with Gasteiger partial charge < -0.3 is 30.7 Å². The summed E-state index contributed by atoms with van der Waals surface area (Å²) in [5.41, 5.74) is 3.88. The van der Waals surface area contributed by atoms with Crippen LogP contribution in [0.25, 0.3) is 22.0 Å². The highest BCUT2D eigenvalue weighted by Crippen LogP contribution is 2.48. The third-order valence-electron chi connectivity index (χ3n) is 8.14. The number of piperazine rings is 1. The molecule has 218 valence electrons. The summed E-state index contributed by atoms with van der Waals surface area (Å²) in [5.74, 6) is -4.28. The Morgan fingerprint density at radius 2 is 2.00 bits per heavy atom. The number of aromatic nitrogens is 2. The van der Waals surface area contributed by atoms with Crippen LogP contribution in [-0.2, 0) is 0 Å². The van der Waals surface area contributed by atoms with Crippen LogP contribution >= 0.6 is 0 Å². The Bertz CT molecular complexity index is 1620. The molecular formula is C27H27F5N6O3. The van der Waals surface area contributed by atoms with Crippen molar-refractivity contribution in [1.82, 2.24) is 20.6 Å². The van der Waals surface area contributed by atoms with Gasteiger partial charge in [-0.15, -0.1) is 13.2 Å². The number of amides is 1. The SMILES string of the molecule is CNC(=O)c1nc2c3c(nc(-c4cc(N)cc(F)c4OC(F)(F)F)c(F)c3c1C)O[C@@H](C)[C@@H]1[C@@H]3CC[C@](C)(CN21)N3. The second-order valence-electron chi connectivity index (χ2n) is 11.0. The van der Waals surface area contributed by atoms with Crippen molar-refractivity contribution in [2.75, 3.05) is 24.2 Å². The summed E-state index contributed by atoms with van der Waals surface area (Å²) in [6, 6.07) is 1.28. The summed E-state index contributed by atoms with van der Waals surface area (Å²) in [5, 5.41) is 6.16. The van der Waals surface area contributed by atoms with E-state index in [1.165, 1.54) is 14.0 Å². The van der Waals surface area contributed by atoms with E-state index in [2.05, 4.69) is 27.3 Å². The fraction of sp³-hybridized carbons (Fsp3) is 0.444. The number of fused-ring (bicyclic) bond motifs is 5. The number of carbonyl (C=O) groups excluding carboxylic acids is 1. The molecule has 3 aliphatic rings. The maximum Gasteiger partial charge on any atom is 0.573 e. The largest absolute Gasteiger partial charge is 0.573 e. The molecule has 3 aromatic rings. The van der Waals surface area contributed by atoms with E-state index in [9.17, 15) is 22.4 Å². The van der Waals surface area contributed by atoms with Crippen LogP contribution in [0.5, 0.6) is 11.6 Å². The summed E-state index contributed by atoms with van der Waals surface area (Å²) < 4.78 is 81.6. The highest BCUT2D eigenvalue weighted by molar-refractivity contribution is 6.07. The third kappa shape index (κ3) is 4.26. The minimum absolute atomic E-state index is 0.0150. The Kier molecular flexibility index (Phi) is 6.00. The van der Waals surface area contributed by atoms with Gasteiger partial charge in [0, 0.05) is 42.3 Å². The highest BCUT2D eigenvalue weighted by atomic mass is 19.4. The van der Waals surface area contributed by atoms with Gasteiger partial charge in [-0.3, -0.25) is 4.79 Å². The lowest BCUT2D eigenvalue weighted by Crippen LogP contribution is -2.66. The molecule has 2 fully saturated rings. The van der Waals surface area contributed by atoms with Crippen molar-refractivity contribution < 1.29 is 36.2 Å². The second kappa shape index (κ2) is 9.03. The summed E-state index contributed by atoms with van der Waals surface area (Å²) in [6.45, 7) is 5.83. The molecule has 2 saturated heterocycles. The topological polar surface area (TPSA) is 115 Å². The smallest absolute Gasteiger partial charge is 0.472 e. The van der Waals surface area contributed by atoms with E-state index in [1.807, 2.05) is 11.8 Å². The van der Waals surface area contributed by atoms with Gasteiger partial charge in [-0.1, -0.05) is 0 Å². The number of nitrogens with zero attached hydrogens (tertiary/aromatic N) is 3. The first-order valence-electron chi connectivity index (χ1n) is 13.0. The number of nitrogen functional groups attached to an aromatic ring is 1. The number of nitrogens with one attached hydrogen (secondary N) is 2. The van der Waals surface area contributed by atoms with Gasteiger partial charge in [-0.25, -0.2) is 18.7 Å². The molecule has 1 amide bonds. The molecule has 2 bridgehead atoms. The second-order valence-corrected chi connectivity index (χ2v) is 11.0. The number of rotatable bonds is 3. The molecule has 2 aromatic heterocycles. The van der Waals surface area contributed by atoms with Gasteiger partial charge >= 0.3 is 6.36 Å². The van der Waals surface area contributed by atoms with E-state index in [0.717, 1.165) is 18.9 Å². The van der Waals surface area contributed by atoms with Crippen molar-refractivity contribution in [2.45, 2.75) is 63.7 Å². The first kappa shape index (κ1) is 27.2. The Hall–Kier alpha value is -3.94. The van der Waals surface area contributed by atoms with E-state index in [0.29, 0.717) is 12.6 Å². The predicted molar refractivity (Wildman–Crippen MR) is 140 cm³/mol. The van der Waals surface area contributed by atoms with Crippen LogP contribution in [0.4, 0.5) is 33.5 Å². The van der Waals surface area contributed by atoms with E-state index < -0.39 is 47.0 Å². The first-order chi connectivity index (χ1) is 19.2. The predicted octanol–water partition coefficient (Wildman–Crippen LogP) is 4.20. The van der Waals surface area contributed by atoms with E-state index in [1.54, 1.807) is 0 Å². The van der Waals surface area contributed by atoms with Crippen LogP contribution in [-0.4, -0.2) is 59.6 Å². The molecule has 0 radical (unpaired) electrons. The molecule has 0 spiro atoms. The van der Waals surface area contributed by atoms with Gasteiger partial charge in [-0.05, 0) is 45.2 Å². The van der Waals surface area contributed by atoms with E-state index >= 15 is 4.39 Å². The highest BCUT2D eigenvalue weighted by Gasteiger charge is 2.51. The summed E-state index contributed by atoms with van der Waals surface area (Å²) in [7, 11) is 1.40. The van der Waals surface area contributed by atoms with Crippen LogP contribution in [0.15, 0.2) is 12.1 Å². The molecule has 14 heteroatoms. The fourth-order valence-corrected chi connectivity index (χ4v) is 6.47. The molecule has 4 N–H and O–H groups in total. The number of anilines is 2. The lowest BCUT2D eigenvalue weighted by molar-refractivity contribution is -0.275. The average molecular weight is 579 g/mol. The molecule has 0 aliphatic carbocycles. The van der Waals surface area contributed by atoms with Crippen LogP contribution < -0.4 is 30.7 Å². The fourth-order valence-electron chi connectivity index (χ4n) is 6.47. The first-order valence-corrected chi connectivity index (χ1v) is 13.0. The van der Waals surface area contributed by atoms with Crippen molar-refractivity contribution >= 4 is 28.2 Å². The van der Waals surface area contributed by atoms with Crippen LogP contribution in [0.2, 0.25) is 0 Å².